The molecule has 1 N–H and O–H groups in total. The van der Waals surface area contributed by atoms with Crippen LogP contribution in [0.2, 0.25) is 0 Å². The first-order chi connectivity index (χ1) is 10.6. The number of carbonyl (C=O) groups is 3. The molecule has 0 saturated carbocycles. The number of rotatable bonds is 3. The maximum atomic E-state index is 12.3. The van der Waals surface area contributed by atoms with Crippen molar-refractivity contribution < 1.29 is 14.4 Å². The van der Waals surface area contributed by atoms with Crippen LogP contribution in [-0.2, 0) is 16.0 Å². The van der Waals surface area contributed by atoms with Crippen molar-refractivity contribution in [2.45, 2.75) is 25.3 Å². The molecule has 2 aliphatic rings. The number of amides is 4. The summed E-state index contributed by atoms with van der Waals surface area (Å²) < 4.78 is 0. The van der Waals surface area contributed by atoms with Gasteiger partial charge in [-0.05, 0) is 24.5 Å². The third-order valence-electron chi connectivity index (χ3n) is 4.14. The molecule has 2 saturated heterocycles. The van der Waals surface area contributed by atoms with Crippen LogP contribution in [0.5, 0.6) is 0 Å². The molecule has 3 rings (SSSR count). The second kappa shape index (κ2) is 6.13. The lowest BCUT2D eigenvalue weighted by Gasteiger charge is -2.35. The molecule has 2 aliphatic heterocycles. The Balaban J connectivity index is 1.54. The Bertz CT molecular complexity index is 566. The second-order valence-electron chi connectivity index (χ2n) is 5.57. The van der Waals surface area contributed by atoms with Gasteiger partial charge in [0.15, 0.2) is 0 Å². The van der Waals surface area contributed by atoms with Gasteiger partial charge in [0.25, 0.3) is 0 Å². The number of carbonyl (C=O) groups excluding carboxylic acids is 3. The molecule has 0 spiro atoms. The number of piperidine rings is 1. The van der Waals surface area contributed by atoms with Gasteiger partial charge in [-0.15, -0.1) is 0 Å². The zero-order valence-electron chi connectivity index (χ0n) is 12.2. The zero-order chi connectivity index (χ0) is 15.5. The molecule has 7 nitrogen and oxygen atoms in total. The van der Waals surface area contributed by atoms with E-state index in [1.165, 1.54) is 4.90 Å². The number of urea groups is 1. The van der Waals surface area contributed by atoms with Crippen molar-refractivity contribution in [1.29, 1.82) is 0 Å². The van der Waals surface area contributed by atoms with Gasteiger partial charge in [-0.1, -0.05) is 6.07 Å². The topological polar surface area (TPSA) is 82.6 Å². The van der Waals surface area contributed by atoms with Crippen LogP contribution in [0, 0.1) is 0 Å². The van der Waals surface area contributed by atoms with Crippen molar-refractivity contribution in [2.75, 3.05) is 19.6 Å². The number of nitrogens with zero attached hydrogens (tertiary/aromatic N) is 3. The van der Waals surface area contributed by atoms with Crippen LogP contribution in [0.15, 0.2) is 24.5 Å². The molecular formula is C15H18N4O3. The molecule has 1 aromatic rings. The van der Waals surface area contributed by atoms with Crippen LogP contribution < -0.4 is 5.32 Å². The predicted octanol–water partition coefficient (Wildman–Crippen LogP) is 0.167. The zero-order valence-corrected chi connectivity index (χ0v) is 12.2. The predicted molar refractivity (Wildman–Crippen MR) is 77.8 cm³/mol. The van der Waals surface area contributed by atoms with E-state index in [1.54, 1.807) is 17.3 Å². The molecule has 4 amide bonds. The van der Waals surface area contributed by atoms with Gasteiger partial charge in [0.05, 0.1) is 13.0 Å². The summed E-state index contributed by atoms with van der Waals surface area (Å²) in [4.78, 5) is 42.7. The van der Waals surface area contributed by atoms with E-state index < -0.39 is 0 Å². The summed E-state index contributed by atoms with van der Waals surface area (Å²) >= 11 is 0. The molecular weight excluding hydrogens is 284 g/mol. The largest absolute Gasteiger partial charge is 0.342 e. The highest BCUT2D eigenvalue weighted by atomic mass is 16.2. The lowest BCUT2D eigenvalue weighted by Crippen LogP contribution is -2.49. The molecule has 1 aromatic heterocycles. The summed E-state index contributed by atoms with van der Waals surface area (Å²) in [6, 6.07) is 3.28. The summed E-state index contributed by atoms with van der Waals surface area (Å²) in [6.07, 6.45) is 4.98. The van der Waals surface area contributed by atoms with Gasteiger partial charge in [-0.2, -0.15) is 0 Å². The quantitative estimate of drug-likeness (QED) is 0.807. The number of pyridine rings is 1. The van der Waals surface area contributed by atoms with Crippen LogP contribution in [0.3, 0.4) is 0 Å². The Morgan fingerprint density at radius 1 is 1.32 bits per heavy atom. The molecule has 0 radical (unpaired) electrons. The van der Waals surface area contributed by atoms with Gasteiger partial charge >= 0.3 is 6.03 Å². The normalized spacial score (nSPS) is 19.5. The molecule has 0 aliphatic carbocycles. The summed E-state index contributed by atoms with van der Waals surface area (Å²) in [5, 5.41) is 2.53. The van der Waals surface area contributed by atoms with Crippen LogP contribution in [0.25, 0.3) is 0 Å². The molecule has 0 atom stereocenters. The molecule has 0 bridgehead atoms. The van der Waals surface area contributed by atoms with E-state index in [4.69, 9.17) is 0 Å². The van der Waals surface area contributed by atoms with Crippen molar-refractivity contribution in [1.82, 2.24) is 20.1 Å². The monoisotopic (exact) mass is 302 g/mol. The number of hydrogen-bond donors (Lipinski definition) is 1. The Labute approximate surface area is 128 Å². The molecule has 7 heteroatoms. The molecule has 116 valence electrons. The summed E-state index contributed by atoms with van der Waals surface area (Å²) in [5.41, 5.74) is 0.892. The van der Waals surface area contributed by atoms with E-state index >= 15 is 0 Å². The van der Waals surface area contributed by atoms with Gasteiger partial charge in [0.2, 0.25) is 11.8 Å². The maximum Gasteiger partial charge on any atom is 0.324 e. The number of likely N-dealkylation sites (tertiary alicyclic amines) is 1. The van der Waals surface area contributed by atoms with E-state index in [1.807, 2.05) is 12.1 Å². The van der Waals surface area contributed by atoms with Crippen LogP contribution in [0.4, 0.5) is 4.79 Å². The maximum absolute atomic E-state index is 12.3. The number of nitrogens with one attached hydrogen (secondary N) is 1. The van der Waals surface area contributed by atoms with Crippen LogP contribution in [0.1, 0.15) is 18.4 Å². The van der Waals surface area contributed by atoms with E-state index in [2.05, 4.69) is 10.3 Å². The second-order valence-corrected chi connectivity index (χ2v) is 5.57. The Morgan fingerprint density at radius 3 is 2.68 bits per heavy atom. The smallest absolute Gasteiger partial charge is 0.324 e. The first-order valence-electron chi connectivity index (χ1n) is 7.41. The van der Waals surface area contributed by atoms with Crippen molar-refractivity contribution in [3.05, 3.63) is 30.1 Å². The minimum atomic E-state index is -0.315. The minimum Gasteiger partial charge on any atom is -0.342 e. The molecule has 0 aromatic carbocycles. The van der Waals surface area contributed by atoms with E-state index in [9.17, 15) is 14.4 Å². The number of aromatic nitrogens is 1. The highest BCUT2D eigenvalue weighted by Crippen LogP contribution is 2.19. The van der Waals surface area contributed by atoms with Gasteiger partial charge in [-0.3, -0.25) is 19.5 Å². The summed E-state index contributed by atoms with van der Waals surface area (Å²) in [7, 11) is 0. The average Bonchev–Trinajstić information content (AvgIpc) is 2.87. The van der Waals surface area contributed by atoms with E-state index in [0.717, 1.165) is 5.56 Å². The standard InChI is InChI=1S/C15H18N4O3/c20-13(8-11-2-1-5-16-9-11)18-6-3-12(4-7-18)19-14(21)10-17-15(19)22/h1-2,5,9,12H,3-4,6-8,10H2,(H,17,22). The van der Waals surface area contributed by atoms with Crippen LogP contribution in [-0.4, -0.2) is 58.3 Å². The molecule has 3 heterocycles. The first kappa shape index (κ1) is 14.5. The summed E-state index contributed by atoms with van der Waals surface area (Å²) in [6.45, 7) is 1.22. The molecule has 0 unspecified atom stereocenters. The lowest BCUT2D eigenvalue weighted by molar-refractivity contribution is -0.132. The van der Waals surface area contributed by atoms with E-state index in [-0.39, 0.29) is 30.4 Å². The van der Waals surface area contributed by atoms with Gasteiger partial charge < -0.3 is 10.2 Å². The number of imide groups is 1. The highest BCUT2D eigenvalue weighted by molar-refractivity contribution is 6.02. The minimum absolute atomic E-state index is 0.0589. The third-order valence-corrected chi connectivity index (χ3v) is 4.14. The Kier molecular flexibility index (Phi) is 4.04. The van der Waals surface area contributed by atoms with Crippen LogP contribution >= 0.6 is 0 Å². The van der Waals surface area contributed by atoms with E-state index in [0.29, 0.717) is 32.4 Å². The van der Waals surface area contributed by atoms with Crippen molar-refractivity contribution in [2.24, 2.45) is 0 Å². The molecule has 2 fully saturated rings. The van der Waals surface area contributed by atoms with Crippen molar-refractivity contribution >= 4 is 17.8 Å². The first-order valence-corrected chi connectivity index (χ1v) is 7.41. The fourth-order valence-electron chi connectivity index (χ4n) is 2.97. The van der Waals surface area contributed by atoms with Gasteiger partial charge in [0, 0.05) is 31.5 Å². The summed E-state index contributed by atoms with van der Waals surface area (Å²) in [5.74, 6) is -0.117. The Hall–Kier alpha value is -2.44. The van der Waals surface area contributed by atoms with Gasteiger partial charge in [0.1, 0.15) is 0 Å². The van der Waals surface area contributed by atoms with Crippen molar-refractivity contribution in [3.63, 3.8) is 0 Å². The fraction of sp³-hybridized carbons (Fsp3) is 0.467. The number of hydrogen-bond acceptors (Lipinski definition) is 4. The van der Waals surface area contributed by atoms with Crippen molar-refractivity contribution in [3.8, 4) is 0 Å². The third kappa shape index (κ3) is 2.93. The Morgan fingerprint density at radius 2 is 2.09 bits per heavy atom. The molecule has 22 heavy (non-hydrogen) atoms. The fourth-order valence-corrected chi connectivity index (χ4v) is 2.97. The lowest BCUT2D eigenvalue weighted by atomic mass is 10.0. The highest BCUT2D eigenvalue weighted by Gasteiger charge is 2.37. The SMILES string of the molecule is O=C(Cc1cccnc1)N1CCC(N2C(=O)CNC2=O)CC1. The van der Waals surface area contributed by atoms with Gasteiger partial charge in [-0.25, -0.2) is 4.79 Å². The average molecular weight is 302 g/mol.